The van der Waals surface area contributed by atoms with E-state index in [-0.39, 0.29) is 4.90 Å². The summed E-state index contributed by atoms with van der Waals surface area (Å²) in [6, 6.07) is 0. The molecule has 0 atom stereocenters. The van der Waals surface area contributed by atoms with Crippen LogP contribution in [0, 0.1) is 13.8 Å². The minimum absolute atomic E-state index is 0.287. The zero-order chi connectivity index (χ0) is 14.3. The Balaban J connectivity index is 2.38. The van der Waals surface area contributed by atoms with Gasteiger partial charge in [0.2, 0.25) is 10.0 Å². The molecule has 19 heavy (non-hydrogen) atoms. The number of sulfonamides is 1. The van der Waals surface area contributed by atoms with Crippen LogP contribution in [0.5, 0.6) is 0 Å². The maximum Gasteiger partial charge on any atom is 0.244 e. The van der Waals surface area contributed by atoms with Crippen molar-refractivity contribution in [3.05, 3.63) is 11.4 Å². The molecule has 7 heteroatoms. The predicted molar refractivity (Wildman–Crippen MR) is 73.3 cm³/mol. The summed E-state index contributed by atoms with van der Waals surface area (Å²) in [5.74, 6) is 0. The molecule has 1 aromatic rings. The Hall–Kier alpha value is -0.920. The van der Waals surface area contributed by atoms with Crippen molar-refractivity contribution >= 4 is 10.0 Å². The zero-order valence-corrected chi connectivity index (χ0v) is 12.5. The van der Waals surface area contributed by atoms with Crippen molar-refractivity contribution in [2.24, 2.45) is 12.8 Å². The van der Waals surface area contributed by atoms with Crippen molar-refractivity contribution in [3.8, 4) is 0 Å². The van der Waals surface area contributed by atoms with Gasteiger partial charge in [-0.2, -0.15) is 5.10 Å². The van der Waals surface area contributed by atoms with Crippen LogP contribution in [0.15, 0.2) is 4.90 Å². The van der Waals surface area contributed by atoms with Gasteiger partial charge in [-0.3, -0.25) is 4.68 Å². The average molecular weight is 286 g/mol. The fraction of sp³-hybridized carbons (Fsp3) is 0.750. The molecule has 0 spiro atoms. The van der Waals surface area contributed by atoms with Gasteiger partial charge >= 0.3 is 0 Å². The molecule has 1 aliphatic rings. The fourth-order valence-electron chi connectivity index (χ4n) is 2.88. The summed E-state index contributed by atoms with van der Waals surface area (Å²) in [5.41, 5.74) is 6.48. The van der Waals surface area contributed by atoms with Crippen molar-refractivity contribution in [2.45, 2.75) is 50.0 Å². The first-order chi connectivity index (χ1) is 8.81. The number of aryl methyl sites for hydroxylation is 2. The Kier molecular flexibility index (Phi) is 3.72. The van der Waals surface area contributed by atoms with Crippen LogP contribution >= 0.6 is 0 Å². The van der Waals surface area contributed by atoms with Gasteiger partial charge in [0, 0.05) is 19.1 Å². The summed E-state index contributed by atoms with van der Waals surface area (Å²) < 4.78 is 29.6. The van der Waals surface area contributed by atoms with E-state index in [2.05, 4.69) is 9.82 Å². The third-order valence-electron chi connectivity index (χ3n) is 4.01. The summed E-state index contributed by atoms with van der Waals surface area (Å²) in [7, 11) is -1.82. The molecule has 0 aromatic carbocycles. The summed E-state index contributed by atoms with van der Waals surface area (Å²) in [4.78, 5) is 0.287. The topological polar surface area (TPSA) is 90.0 Å². The van der Waals surface area contributed by atoms with Crippen LogP contribution in [0.3, 0.4) is 0 Å². The van der Waals surface area contributed by atoms with E-state index in [1.807, 2.05) is 0 Å². The minimum atomic E-state index is -3.57. The number of aromatic nitrogens is 2. The normalized spacial score (nSPS) is 18.9. The van der Waals surface area contributed by atoms with E-state index in [1.54, 1.807) is 25.6 Å². The van der Waals surface area contributed by atoms with Gasteiger partial charge in [-0.25, -0.2) is 13.1 Å². The first kappa shape index (κ1) is 14.5. The first-order valence-electron chi connectivity index (χ1n) is 6.55. The molecule has 0 aliphatic heterocycles. The molecule has 1 aromatic heterocycles. The van der Waals surface area contributed by atoms with E-state index >= 15 is 0 Å². The summed E-state index contributed by atoms with van der Waals surface area (Å²) >= 11 is 0. The van der Waals surface area contributed by atoms with Gasteiger partial charge in [-0.1, -0.05) is 12.8 Å². The van der Waals surface area contributed by atoms with E-state index in [0.717, 1.165) is 25.7 Å². The predicted octanol–water partition coefficient (Wildman–Crippen LogP) is 0.587. The fourth-order valence-corrected chi connectivity index (χ4v) is 4.79. The molecular formula is C12H22N4O2S. The highest BCUT2D eigenvalue weighted by atomic mass is 32.2. The van der Waals surface area contributed by atoms with E-state index in [1.165, 1.54) is 0 Å². The van der Waals surface area contributed by atoms with Crippen molar-refractivity contribution in [2.75, 3.05) is 6.54 Å². The van der Waals surface area contributed by atoms with Crippen LogP contribution in [0.4, 0.5) is 0 Å². The second kappa shape index (κ2) is 4.88. The smallest absolute Gasteiger partial charge is 0.244 e. The van der Waals surface area contributed by atoms with Gasteiger partial charge in [-0.05, 0) is 26.7 Å². The van der Waals surface area contributed by atoms with Gasteiger partial charge in [0.25, 0.3) is 0 Å². The van der Waals surface area contributed by atoms with E-state index in [0.29, 0.717) is 17.9 Å². The quantitative estimate of drug-likeness (QED) is 0.847. The third kappa shape index (κ3) is 2.54. The molecule has 1 heterocycles. The number of hydrogen-bond donors (Lipinski definition) is 2. The number of nitrogens with zero attached hydrogens (tertiary/aromatic N) is 2. The Morgan fingerprint density at radius 3 is 2.37 bits per heavy atom. The molecule has 0 radical (unpaired) electrons. The van der Waals surface area contributed by atoms with E-state index < -0.39 is 15.6 Å². The second-order valence-corrected chi connectivity index (χ2v) is 7.04. The molecule has 6 nitrogen and oxygen atoms in total. The molecule has 0 saturated heterocycles. The molecule has 3 N–H and O–H groups in total. The molecule has 108 valence electrons. The van der Waals surface area contributed by atoms with Crippen LogP contribution in [0.2, 0.25) is 0 Å². The van der Waals surface area contributed by atoms with Gasteiger partial charge in [-0.15, -0.1) is 0 Å². The van der Waals surface area contributed by atoms with Gasteiger partial charge < -0.3 is 5.73 Å². The highest BCUT2D eigenvalue weighted by molar-refractivity contribution is 7.89. The maximum atomic E-state index is 12.6. The van der Waals surface area contributed by atoms with E-state index in [9.17, 15) is 8.42 Å². The third-order valence-corrected chi connectivity index (χ3v) is 5.84. The summed E-state index contributed by atoms with van der Waals surface area (Å²) in [5, 5.41) is 4.17. The standard InChI is InChI=1S/C12H22N4O2S/c1-9-11(10(2)16(3)14-9)19(17,18)15-12(8-13)6-4-5-7-12/h15H,4-8,13H2,1-3H3. The number of nitrogens with one attached hydrogen (secondary N) is 1. The highest BCUT2D eigenvalue weighted by Gasteiger charge is 2.38. The second-order valence-electron chi connectivity index (χ2n) is 5.42. The highest BCUT2D eigenvalue weighted by Crippen LogP contribution is 2.31. The molecule has 0 bridgehead atoms. The lowest BCUT2D eigenvalue weighted by Crippen LogP contribution is -2.51. The lowest BCUT2D eigenvalue weighted by atomic mass is 10.0. The minimum Gasteiger partial charge on any atom is -0.329 e. The van der Waals surface area contributed by atoms with Crippen LogP contribution in [-0.2, 0) is 17.1 Å². The summed E-state index contributed by atoms with van der Waals surface area (Å²) in [6.07, 6.45) is 3.65. The first-order valence-corrected chi connectivity index (χ1v) is 8.04. The van der Waals surface area contributed by atoms with Crippen molar-refractivity contribution in [1.29, 1.82) is 0 Å². The van der Waals surface area contributed by atoms with Crippen LogP contribution in [0.25, 0.3) is 0 Å². The Morgan fingerprint density at radius 1 is 1.37 bits per heavy atom. The SMILES string of the molecule is Cc1nn(C)c(C)c1S(=O)(=O)NC1(CN)CCCC1. The Bertz CT molecular complexity index is 571. The molecular weight excluding hydrogens is 264 g/mol. The maximum absolute atomic E-state index is 12.6. The van der Waals surface area contributed by atoms with Crippen LogP contribution in [0.1, 0.15) is 37.1 Å². The van der Waals surface area contributed by atoms with Crippen LogP contribution in [-0.4, -0.2) is 30.3 Å². The lowest BCUT2D eigenvalue weighted by molar-refractivity contribution is 0.399. The number of rotatable bonds is 4. The lowest BCUT2D eigenvalue weighted by Gasteiger charge is -2.28. The molecule has 1 aliphatic carbocycles. The monoisotopic (exact) mass is 286 g/mol. The molecule has 2 rings (SSSR count). The van der Waals surface area contributed by atoms with Crippen molar-refractivity contribution in [1.82, 2.24) is 14.5 Å². The van der Waals surface area contributed by atoms with Crippen molar-refractivity contribution in [3.63, 3.8) is 0 Å². The number of hydrogen-bond acceptors (Lipinski definition) is 4. The van der Waals surface area contributed by atoms with Gasteiger partial charge in [0.05, 0.1) is 11.4 Å². The van der Waals surface area contributed by atoms with E-state index in [4.69, 9.17) is 5.73 Å². The molecule has 0 unspecified atom stereocenters. The molecule has 1 fully saturated rings. The number of nitrogens with two attached hydrogens (primary N) is 1. The molecule has 0 amide bonds. The van der Waals surface area contributed by atoms with Gasteiger partial charge in [0.1, 0.15) is 4.90 Å². The largest absolute Gasteiger partial charge is 0.329 e. The van der Waals surface area contributed by atoms with Crippen molar-refractivity contribution < 1.29 is 8.42 Å². The Labute approximate surface area is 114 Å². The van der Waals surface area contributed by atoms with Gasteiger partial charge in [0.15, 0.2) is 0 Å². The van der Waals surface area contributed by atoms with Crippen LogP contribution < -0.4 is 10.5 Å². The molecule has 1 saturated carbocycles. The zero-order valence-electron chi connectivity index (χ0n) is 11.7. The Morgan fingerprint density at radius 2 is 1.95 bits per heavy atom. The summed E-state index contributed by atoms with van der Waals surface area (Å²) in [6.45, 7) is 3.81. The average Bonchev–Trinajstić information content (AvgIpc) is 2.85.